The molecule has 4 aromatic rings. The first-order chi connectivity index (χ1) is 39.5. The second kappa shape index (κ2) is 24.3. The molecule has 2 saturated heterocycles. The molecule has 6 atom stereocenters. The molecule has 26 heteroatoms. The summed E-state index contributed by atoms with van der Waals surface area (Å²) in [5, 5.41) is 17.5. The lowest BCUT2D eigenvalue weighted by atomic mass is 9.75. The smallest absolute Gasteiger partial charge is 0.460 e. The van der Waals surface area contributed by atoms with Crippen LogP contribution < -0.4 is 26.0 Å². The Balaban J connectivity index is 0.860. The fraction of sp³-hybridized carbons (Fsp3) is 0.500. The van der Waals surface area contributed by atoms with E-state index in [1.807, 2.05) is 41.9 Å². The summed E-state index contributed by atoms with van der Waals surface area (Å²) in [6.45, 7) is 18.6. The zero-order valence-electron chi connectivity index (χ0n) is 48.6. The summed E-state index contributed by atoms with van der Waals surface area (Å²) in [7, 11) is -13.3. The quantitative estimate of drug-likeness (QED) is 0.0127. The van der Waals surface area contributed by atoms with Gasteiger partial charge >= 0.3 is 7.82 Å². The Morgan fingerprint density at radius 2 is 1.74 bits per heavy atom. The van der Waals surface area contributed by atoms with Crippen molar-refractivity contribution >= 4 is 85.1 Å². The Labute approximate surface area is 490 Å². The summed E-state index contributed by atoms with van der Waals surface area (Å²) in [6.07, 6.45) is 14.7. The number of fused-ring (bicyclic) bond motifs is 5. The van der Waals surface area contributed by atoms with Crippen LogP contribution in [0.3, 0.4) is 0 Å². The number of unbranched alkanes of at least 4 members (excludes halogenated alkanes) is 3. The predicted molar refractivity (Wildman–Crippen MR) is 320 cm³/mol. The second-order valence-corrected chi connectivity index (χ2v) is 28.1. The molecule has 9 rings (SSSR count). The Morgan fingerprint density at radius 1 is 0.988 bits per heavy atom. The van der Waals surface area contributed by atoms with E-state index in [1.54, 1.807) is 6.07 Å². The maximum atomic E-state index is 13.4. The lowest BCUT2D eigenvalue weighted by Crippen LogP contribution is -2.45. The molecule has 2 aromatic carbocycles. The van der Waals surface area contributed by atoms with Crippen LogP contribution in [0.1, 0.15) is 130 Å². The number of nitrogens with zero attached hydrogens (tertiary/aromatic N) is 6. The van der Waals surface area contributed by atoms with Crippen LogP contribution in [0.15, 0.2) is 89.8 Å². The van der Waals surface area contributed by atoms with Crippen LogP contribution in [0.4, 0.5) is 23.1 Å². The number of phosphoric acid groups is 1. The SMILES string of the molecule is CCN1c2cc3c(cc2C(C)=CC1(C)C)C(=CC=CC=CC1=[N+](CCCS(=O)(=O)O)c2ccc(S(=O)(=O)O)cc2C1(C)CCCC(=O)NCCCCCCNc1nc2c(N)ncnc2n1[C@@H]1O[C@@H]2COP(=O)(O)O[C@H]2[C@H]1O)C=C(C(C)(C)C)O3. The van der Waals surface area contributed by atoms with Crippen molar-refractivity contribution in [3.8, 4) is 5.75 Å². The summed E-state index contributed by atoms with van der Waals surface area (Å²) in [4.78, 5) is 38.3. The predicted octanol–water partition coefficient (Wildman–Crippen LogP) is 8.56. The third-order valence-corrected chi connectivity index (χ3v) is 18.7. The first-order valence-electron chi connectivity index (χ1n) is 28.3. The summed E-state index contributed by atoms with van der Waals surface area (Å²) < 4.78 is 107. The van der Waals surface area contributed by atoms with E-state index in [0.717, 1.165) is 53.3 Å². The number of anilines is 3. The fourth-order valence-corrected chi connectivity index (χ4v) is 13.9. The number of likely N-dealkylation sites (N-methyl/N-ethyl adjacent to an activating group) is 1. The Bertz CT molecular complexity index is 3700. The number of phosphoric ester groups is 1. The van der Waals surface area contributed by atoms with Crippen molar-refractivity contribution in [2.45, 2.75) is 147 Å². The first-order valence-corrected chi connectivity index (χ1v) is 32.9. The number of aliphatic hydroxyl groups is 1. The van der Waals surface area contributed by atoms with Crippen molar-refractivity contribution in [3.63, 3.8) is 0 Å². The normalized spacial score (nSPS) is 24.5. The van der Waals surface area contributed by atoms with Crippen LogP contribution in [0.2, 0.25) is 0 Å². The van der Waals surface area contributed by atoms with Gasteiger partial charge in [-0.05, 0) is 95.7 Å². The van der Waals surface area contributed by atoms with Crippen molar-refractivity contribution in [3.05, 3.63) is 102 Å². The number of carbonyl (C=O) groups excluding carboxylic acids is 1. The minimum Gasteiger partial charge on any atom is -0.460 e. The first kappa shape index (κ1) is 62.4. The number of nitrogens with one attached hydrogen (secondary N) is 2. The highest BCUT2D eigenvalue weighted by Gasteiger charge is 2.53. The summed E-state index contributed by atoms with van der Waals surface area (Å²) in [6, 6.07) is 8.66. The zero-order valence-corrected chi connectivity index (χ0v) is 51.1. The molecule has 0 radical (unpaired) electrons. The molecule has 0 spiro atoms. The number of ether oxygens (including phenoxy) is 2. The molecule has 84 heavy (non-hydrogen) atoms. The molecule has 2 aromatic heterocycles. The summed E-state index contributed by atoms with van der Waals surface area (Å²) >= 11 is 0. The molecule has 2 fully saturated rings. The van der Waals surface area contributed by atoms with Crippen LogP contribution >= 0.6 is 7.82 Å². The van der Waals surface area contributed by atoms with Gasteiger partial charge in [-0.3, -0.25) is 27.5 Å². The van der Waals surface area contributed by atoms with Gasteiger partial charge in [-0.2, -0.15) is 21.4 Å². The minimum atomic E-state index is -4.63. The standard InChI is InChI=1S/C58H76N9O14PS2/c1-9-66-43-32-44-40(31-39(43)36(2)33-57(66,6)7)37(29-47(79-44)56(3,4)5)19-13-12-14-20-46-58(8,41-30-38(84(75,76)77)22-23-42(41)65(46)27-18-28-83(72,73)74)24-17-21-48(68)60-25-15-10-11-16-26-61-55-64-49-52(59)62-35-63-53(49)67(55)54-50(69)51-45(80-54)34-78-82(70,71)81-51/h12-14,19-20,22-23,29-33,35,45,50-51,54,69H,9-11,15-18,21,24-28,34H2,1-8H3,(H6-,59,60,61,62,63,64,68,70,71,72,73,74,75,76,77)/p+1/t45-,50-,51-,54-,58?/m1/s1. The number of amides is 1. The average Bonchev–Trinajstić information content (AvgIpc) is 1.46. The van der Waals surface area contributed by atoms with Crippen molar-refractivity contribution < 1.29 is 68.4 Å². The van der Waals surface area contributed by atoms with Gasteiger partial charge in [0.2, 0.25) is 17.5 Å². The highest BCUT2D eigenvalue weighted by Crippen LogP contribution is 2.53. The number of imidazole rings is 1. The molecular formula is C58H77N9O14PS2+. The number of nitrogen functional groups attached to an aromatic ring is 1. The number of hydrogen-bond acceptors (Lipinski definition) is 17. The van der Waals surface area contributed by atoms with Gasteiger partial charge < -0.3 is 40.7 Å². The van der Waals surface area contributed by atoms with Crippen molar-refractivity contribution in [2.75, 3.05) is 54.5 Å². The number of aromatic nitrogens is 4. The molecule has 5 aliphatic rings. The van der Waals surface area contributed by atoms with Crippen LogP contribution in [0.5, 0.6) is 5.75 Å². The Morgan fingerprint density at radius 3 is 2.45 bits per heavy atom. The number of allylic oxidation sites excluding steroid dienone is 9. The van der Waals surface area contributed by atoms with Gasteiger partial charge in [-0.15, -0.1) is 0 Å². The highest BCUT2D eigenvalue weighted by molar-refractivity contribution is 7.86. The number of benzene rings is 2. The van der Waals surface area contributed by atoms with Gasteiger partial charge in [0.25, 0.3) is 20.2 Å². The lowest BCUT2D eigenvalue weighted by Gasteiger charge is -2.43. The molecule has 8 N–H and O–H groups in total. The topological polar surface area (TPSA) is 320 Å². The minimum absolute atomic E-state index is 0.0452. The number of aliphatic hydroxyl groups excluding tert-OH is 1. The molecule has 0 aliphatic carbocycles. The van der Waals surface area contributed by atoms with E-state index >= 15 is 0 Å². The maximum absolute atomic E-state index is 13.4. The highest BCUT2D eigenvalue weighted by atomic mass is 32.2. The van der Waals surface area contributed by atoms with E-state index in [-0.39, 0.29) is 70.7 Å². The van der Waals surface area contributed by atoms with Crippen molar-refractivity contribution in [1.29, 1.82) is 0 Å². The van der Waals surface area contributed by atoms with E-state index in [4.69, 9.17) is 24.3 Å². The van der Waals surface area contributed by atoms with E-state index < -0.39 is 63.8 Å². The maximum Gasteiger partial charge on any atom is 0.472 e. The van der Waals surface area contributed by atoms with Crippen LogP contribution in [0, 0.1) is 5.41 Å². The van der Waals surface area contributed by atoms with Gasteiger partial charge in [0, 0.05) is 78.5 Å². The molecule has 1 amide bonds. The van der Waals surface area contributed by atoms with Gasteiger partial charge in [0.1, 0.15) is 42.7 Å². The Kier molecular flexibility index (Phi) is 18.1. The molecule has 23 nitrogen and oxygen atoms in total. The van der Waals surface area contributed by atoms with E-state index in [1.165, 1.54) is 28.6 Å². The number of carbonyl (C=O) groups is 1. The van der Waals surface area contributed by atoms with E-state index in [2.05, 4.69) is 103 Å². The zero-order chi connectivity index (χ0) is 60.7. The third-order valence-electron chi connectivity index (χ3n) is 16.0. The number of hydrogen-bond donors (Lipinski definition) is 7. The lowest BCUT2D eigenvalue weighted by molar-refractivity contribution is -0.437. The molecule has 0 saturated carbocycles. The van der Waals surface area contributed by atoms with Gasteiger partial charge in [0.05, 0.1) is 28.2 Å². The monoisotopic (exact) mass is 1220 g/mol. The van der Waals surface area contributed by atoms with Crippen molar-refractivity contribution in [2.24, 2.45) is 5.41 Å². The molecule has 7 heterocycles. The average molecular weight is 1220 g/mol. The molecule has 454 valence electrons. The number of rotatable bonds is 22. The number of nitrogens with two attached hydrogens (primary N) is 1. The fourth-order valence-electron chi connectivity index (χ4n) is 11.9. The second-order valence-electron chi connectivity index (χ2n) is 23.7. The van der Waals surface area contributed by atoms with E-state index in [0.29, 0.717) is 55.7 Å². The summed E-state index contributed by atoms with van der Waals surface area (Å²) in [5.41, 5.74) is 12.5. The summed E-state index contributed by atoms with van der Waals surface area (Å²) in [5.74, 6) is 1.31. The van der Waals surface area contributed by atoms with E-state index in [9.17, 15) is 45.3 Å². The van der Waals surface area contributed by atoms with Gasteiger partial charge in [-0.1, -0.05) is 64.0 Å². The van der Waals surface area contributed by atoms with Crippen LogP contribution in [-0.2, 0) is 48.8 Å². The Hall–Kier alpha value is -6.12. The molecule has 0 bridgehead atoms. The molecule has 2 unspecified atom stereocenters. The largest absolute Gasteiger partial charge is 0.472 e. The van der Waals surface area contributed by atoms with Gasteiger partial charge in [0.15, 0.2) is 28.9 Å². The third kappa shape index (κ3) is 13.4. The molecule has 5 aliphatic heterocycles. The van der Waals surface area contributed by atoms with Crippen LogP contribution in [-0.4, -0.2) is 134 Å². The van der Waals surface area contributed by atoms with Crippen LogP contribution in [0.25, 0.3) is 22.3 Å². The molecular weight excluding hydrogens is 1140 g/mol. The van der Waals surface area contributed by atoms with Gasteiger partial charge in [-0.25, -0.2) is 19.5 Å². The van der Waals surface area contributed by atoms with Crippen molar-refractivity contribution in [1.82, 2.24) is 24.8 Å².